The van der Waals surface area contributed by atoms with Gasteiger partial charge >= 0.3 is 12.0 Å². The fourth-order valence-corrected chi connectivity index (χ4v) is 1.70. The van der Waals surface area contributed by atoms with Crippen molar-refractivity contribution in [3.63, 3.8) is 0 Å². The van der Waals surface area contributed by atoms with Crippen LogP contribution in [0.15, 0.2) is 24.3 Å². The van der Waals surface area contributed by atoms with Gasteiger partial charge in [0.25, 0.3) is 0 Å². The van der Waals surface area contributed by atoms with Gasteiger partial charge in [0.15, 0.2) is 0 Å². The van der Waals surface area contributed by atoms with Crippen LogP contribution in [-0.4, -0.2) is 47.5 Å². The van der Waals surface area contributed by atoms with E-state index in [-0.39, 0.29) is 5.56 Å². The van der Waals surface area contributed by atoms with Crippen LogP contribution in [0.5, 0.6) is 0 Å². The van der Waals surface area contributed by atoms with Crippen LogP contribution < -0.4 is 11.1 Å². The molecule has 0 saturated carbocycles. The number of aromatic carboxylic acids is 1. The molecule has 0 heterocycles. The topological polar surface area (TPSA) is 113 Å². The SMILES string of the molecule is CC(NC(=O)N(C)CCc1ccccc1C(=O)O)C(N)=O. The molecule has 1 rings (SSSR count). The lowest BCUT2D eigenvalue weighted by Gasteiger charge is -2.20. The van der Waals surface area contributed by atoms with Crippen molar-refractivity contribution in [2.24, 2.45) is 5.73 Å². The lowest BCUT2D eigenvalue weighted by atomic mass is 10.0. The average Bonchev–Trinajstić information content (AvgIpc) is 2.44. The van der Waals surface area contributed by atoms with Crippen LogP contribution >= 0.6 is 0 Å². The zero-order valence-corrected chi connectivity index (χ0v) is 12.0. The first-order chi connectivity index (χ1) is 9.82. The summed E-state index contributed by atoms with van der Waals surface area (Å²) in [7, 11) is 1.56. The number of hydrogen-bond donors (Lipinski definition) is 3. The molecule has 1 aromatic carbocycles. The van der Waals surface area contributed by atoms with Crippen molar-refractivity contribution >= 4 is 17.9 Å². The van der Waals surface area contributed by atoms with Crippen molar-refractivity contribution in [2.45, 2.75) is 19.4 Å². The quantitative estimate of drug-likeness (QED) is 0.706. The van der Waals surface area contributed by atoms with Gasteiger partial charge in [-0.25, -0.2) is 9.59 Å². The molecule has 1 unspecified atom stereocenters. The normalized spacial score (nSPS) is 11.5. The van der Waals surface area contributed by atoms with E-state index in [2.05, 4.69) is 5.32 Å². The molecule has 0 fully saturated rings. The molecule has 0 saturated heterocycles. The van der Waals surface area contributed by atoms with E-state index in [1.807, 2.05) is 0 Å². The summed E-state index contributed by atoms with van der Waals surface area (Å²) in [6.07, 6.45) is 0.400. The monoisotopic (exact) mass is 293 g/mol. The van der Waals surface area contributed by atoms with Gasteiger partial charge in [0.1, 0.15) is 6.04 Å². The molecular formula is C14H19N3O4. The van der Waals surface area contributed by atoms with E-state index in [9.17, 15) is 14.4 Å². The van der Waals surface area contributed by atoms with Gasteiger partial charge in [-0.05, 0) is 25.0 Å². The number of likely N-dealkylation sites (N-methyl/N-ethyl adjacent to an activating group) is 1. The molecule has 0 aliphatic heterocycles. The predicted molar refractivity (Wildman–Crippen MR) is 76.9 cm³/mol. The highest BCUT2D eigenvalue weighted by molar-refractivity contribution is 5.89. The Morgan fingerprint density at radius 3 is 2.52 bits per heavy atom. The second-order valence-electron chi connectivity index (χ2n) is 4.71. The lowest BCUT2D eigenvalue weighted by molar-refractivity contribution is -0.119. The van der Waals surface area contributed by atoms with Crippen molar-refractivity contribution in [2.75, 3.05) is 13.6 Å². The molecule has 7 nitrogen and oxygen atoms in total. The molecule has 7 heteroatoms. The minimum absolute atomic E-state index is 0.219. The van der Waals surface area contributed by atoms with Crippen LogP contribution in [0.25, 0.3) is 0 Å². The highest BCUT2D eigenvalue weighted by Gasteiger charge is 2.16. The fourth-order valence-electron chi connectivity index (χ4n) is 1.70. The van der Waals surface area contributed by atoms with Gasteiger partial charge in [-0.15, -0.1) is 0 Å². The van der Waals surface area contributed by atoms with E-state index in [4.69, 9.17) is 10.8 Å². The Morgan fingerprint density at radius 1 is 1.33 bits per heavy atom. The van der Waals surface area contributed by atoms with E-state index in [1.54, 1.807) is 25.2 Å². The standard InChI is InChI=1S/C14H19N3O4/c1-9(12(15)18)16-14(21)17(2)8-7-10-5-3-4-6-11(10)13(19)20/h3-6,9H,7-8H2,1-2H3,(H2,15,18)(H,16,21)(H,19,20). The van der Waals surface area contributed by atoms with E-state index >= 15 is 0 Å². The number of nitrogens with zero attached hydrogens (tertiary/aromatic N) is 1. The summed E-state index contributed by atoms with van der Waals surface area (Å²) in [5, 5.41) is 11.5. The molecule has 0 bridgehead atoms. The van der Waals surface area contributed by atoms with Gasteiger partial charge in [0, 0.05) is 13.6 Å². The smallest absolute Gasteiger partial charge is 0.335 e. The molecule has 3 amide bonds. The molecule has 21 heavy (non-hydrogen) atoms. The van der Waals surface area contributed by atoms with Gasteiger partial charge < -0.3 is 21.1 Å². The molecule has 0 spiro atoms. The molecule has 0 aliphatic rings. The number of nitrogens with one attached hydrogen (secondary N) is 1. The number of carbonyl (C=O) groups is 3. The summed E-state index contributed by atoms with van der Waals surface area (Å²) < 4.78 is 0. The van der Waals surface area contributed by atoms with Crippen LogP contribution in [0.1, 0.15) is 22.8 Å². The highest BCUT2D eigenvalue weighted by Crippen LogP contribution is 2.10. The van der Waals surface area contributed by atoms with Gasteiger partial charge in [-0.2, -0.15) is 0 Å². The summed E-state index contributed by atoms with van der Waals surface area (Å²) >= 11 is 0. The molecular weight excluding hydrogens is 274 g/mol. The Balaban J connectivity index is 2.61. The third-order valence-electron chi connectivity index (χ3n) is 3.08. The van der Waals surface area contributed by atoms with E-state index < -0.39 is 23.9 Å². The van der Waals surface area contributed by atoms with Crippen LogP contribution in [0.4, 0.5) is 4.79 Å². The average molecular weight is 293 g/mol. The number of rotatable bonds is 6. The van der Waals surface area contributed by atoms with E-state index in [0.29, 0.717) is 18.5 Å². The predicted octanol–water partition coefficient (Wildman–Crippen LogP) is 0.442. The van der Waals surface area contributed by atoms with Crippen molar-refractivity contribution in [3.05, 3.63) is 35.4 Å². The molecule has 114 valence electrons. The summed E-state index contributed by atoms with van der Waals surface area (Å²) in [6, 6.07) is 5.43. The minimum Gasteiger partial charge on any atom is -0.478 e. The van der Waals surface area contributed by atoms with E-state index in [0.717, 1.165) is 0 Å². The number of carboxylic acid groups (broad SMARTS) is 1. The maximum absolute atomic E-state index is 11.8. The van der Waals surface area contributed by atoms with Crippen molar-refractivity contribution < 1.29 is 19.5 Å². The Bertz CT molecular complexity index is 545. The summed E-state index contributed by atoms with van der Waals surface area (Å²) in [5.41, 5.74) is 5.93. The highest BCUT2D eigenvalue weighted by atomic mass is 16.4. The second kappa shape index (κ2) is 7.28. The third-order valence-corrected chi connectivity index (χ3v) is 3.08. The fraction of sp³-hybridized carbons (Fsp3) is 0.357. The number of amides is 3. The lowest BCUT2D eigenvalue weighted by Crippen LogP contribution is -2.47. The van der Waals surface area contributed by atoms with E-state index in [1.165, 1.54) is 17.9 Å². The second-order valence-corrected chi connectivity index (χ2v) is 4.71. The largest absolute Gasteiger partial charge is 0.478 e. The molecule has 1 aromatic rings. The molecule has 0 radical (unpaired) electrons. The zero-order chi connectivity index (χ0) is 16.0. The number of carbonyl (C=O) groups excluding carboxylic acids is 2. The summed E-state index contributed by atoms with van der Waals surface area (Å²) in [4.78, 5) is 35.1. The van der Waals surface area contributed by atoms with Gasteiger partial charge in [-0.3, -0.25) is 4.79 Å². The van der Waals surface area contributed by atoms with Gasteiger partial charge in [-0.1, -0.05) is 18.2 Å². The van der Waals surface area contributed by atoms with Gasteiger partial charge in [0.05, 0.1) is 5.56 Å². The van der Waals surface area contributed by atoms with Crippen LogP contribution in [0, 0.1) is 0 Å². The molecule has 0 aliphatic carbocycles. The number of carboxylic acids is 1. The molecule has 0 aromatic heterocycles. The summed E-state index contributed by atoms with van der Waals surface area (Å²) in [5.74, 6) is -1.62. The zero-order valence-electron chi connectivity index (χ0n) is 12.0. The first kappa shape index (κ1) is 16.5. The third kappa shape index (κ3) is 4.79. The number of benzene rings is 1. The first-order valence-corrected chi connectivity index (χ1v) is 6.45. The van der Waals surface area contributed by atoms with Crippen molar-refractivity contribution in [3.8, 4) is 0 Å². The molecule has 4 N–H and O–H groups in total. The van der Waals surface area contributed by atoms with Crippen LogP contribution in [0.2, 0.25) is 0 Å². The Kier molecular flexibility index (Phi) is 5.71. The Labute approximate surface area is 122 Å². The maximum atomic E-state index is 11.8. The molecule has 1 atom stereocenters. The Morgan fingerprint density at radius 2 is 1.95 bits per heavy atom. The number of primary amides is 1. The summed E-state index contributed by atoms with van der Waals surface area (Å²) in [6.45, 7) is 1.81. The number of nitrogens with two attached hydrogens (primary N) is 1. The van der Waals surface area contributed by atoms with Crippen molar-refractivity contribution in [1.29, 1.82) is 0 Å². The van der Waals surface area contributed by atoms with Crippen LogP contribution in [-0.2, 0) is 11.2 Å². The van der Waals surface area contributed by atoms with Crippen LogP contribution in [0.3, 0.4) is 0 Å². The first-order valence-electron chi connectivity index (χ1n) is 6.45. The number of urea groups is 1. The number of hydrogen-bond acceptors (Lipinski definition) is 3. The maximum Gasteiger partial charge on any atom is 0.335 e. The van der Waals surface area contributed by atoms with Gasteiger partial charge in [0.2, 0.25) is 5.91 Å². The van der Waals surface area contributed by atoms with Crippen molar-refractivity contribution in [1.82, 2.24) is 10.2 Å². The minimum atomic E-state index is -1.000. The Hall–Kier alpha value is -2.57.